The quantitative estimate of drug-likeness (QED) is 0.335. The second-order valence-corrected chi connectivity index (χ2v) is 6.18. The number of nitrogens with zero attached hydrogens (tertiary/aromatic N) is 3. The van der Waals surface area contributed by atoms with Gasteiger partial charge in [0.25, 0.3) is 17.5 Å². The van der Waals surface area contributed by atoms with Gasteiger partial charge in [-0.05, 0) is 23.6 Å². The van der Waals surface area contributed by atoms with E-state index in [1.165, 1.54) is 12.1 Å². The predicted molar refractivity (Wildman–Crippen MR) is 97.8 cm³/mol. The van der Waals surface area contributed by atoms with Gasteiger partial charge in [-0.15, -0.1) is 0 Å². The fraction of sp³-hybridized carbons (Fsp3) is 0. The predicted octanol–water partition coefficient (Wildman–Crippen LogP) is 3.42. The lowest BCUT2D eigenvalue weighted by Crippen LogP contribution is -2.41. The van der Waals surface area contributed by atoms with Crippen LogP contribution in [0.1, 0.15) is 20.7 Å². The number of non-ortho nitro benzene ring substituents is 1. The van der Waals surface area contributed by atoms with Gasteiger partial charge in [0.05, 0.1) is 21.5 Å². The van der Waals surface area contributed by atoms with E-state index in [4.69, 9.17) is 0 Å². The van der Waals surface area contributed by atoms with Gasteiger partial charge in [0.1, 0.15) is 0 Å². The zero-order chi connectivity index (χ0) is 18.7. The Hall–Kier alpha value is -4.07. The Morgan fingerprint density at radius 2 is 1.74 bits per heavy atom. The molecule has 0 fully saturated rings. The van der Waals surface area contributed by atoms with Crippen molar-refractivity contribution >= 4 is 45.3 Å². The highest BCUT2D eigenvalue weighted by Crippen LogP contribution is 2.35. The van der Waals surface area contributed by atoms with E-state index in [1.54, 1.807) is 36.4 Å². The Balaban J connectivity index is 1.78. The molecule has 0 aliphatic carbocycles. The Morgan fingerprint density at radius 3 is 2.52 bits per heavy atom. The summed E-state index contributed by atoms with van der Waals surface area (Å²) in [6.45, 7) is 0. The number of fused-ring (bicyclic) bond motifs is 1. The van der Waals surface area contributed by atoms with Gasteiger partial charge in [-0.25, -0.2) is 9.88 Å². The van der Waals surface area contributed by atoms with Crippen molar-refractivity contribution in [3.05, 3.63) is 75.8 Å². The second kappa shape index (κ2) is 5.21. The van der Waals surface area contributed by atoms with Gasteiger partial charge in [0.2, 0.25) is 5.95 Å². The van der Waals surface area contributed by atoms with E-state index in [0.29, 0.717) is 27.4 Å². The maximum atomic E-state index is 13.1. The van der Waals surface area contributed by atoms with Crippen LogP contribution in [0.2, 0.25) is 0 Å². The molecule has 130 valence electrons. The fourth-order valence-corrected chi connectivity index (χ4v) is 3.44. The number of hydrogen-bond acceptors (Lipinski definition) is 5. The Morgan fingerprint density at radius 1 is 0.963 bits per heavy atom. The summed E-state index contributed by atoms with van der Waals surface area (Å²) < 4.78 is 0. The maximum Gasteiger partial charge on any atom is 0.270 e. The molecule has 0 unspecified atom stereocenters. The molecule has 1 N–H and O–H groups in total. The fourth-order valence-electron chi connectivity index (χ4n) is 3.44. The third kappa shape index (κ3) is 2.07. The molecule has 8 heteroatoms. The summed E-state index contributed by atoms with van der Waals surface area (Å²) in [4.78, 5) is 45.0. The number of carbonyl (C=O) groups excluding carboxylic acids is 2. The molecule has 0 spiro atoms. The Bertz CT molecular complexity index is 1270. The number of para-hydroxylation sites is 2. The van der Waals surface area contributed by atoms with Crippen LogP contribution in [0.5, 0.6) is 0 Å². The molecule has 0 saturated carbocycles. The van der Waals surface area contributed by atoms with Crippen LogP contribution in [0, 0.1) is 10.1 Å². The number of imide groups is 1. The van der Waals surface area contributed by atoms with E-state index in [0.717, 1.165) is 4.90 Å². The van der Waals surface area contributed by atoms with Gasteiger partial charge < -0.3 is 4.98 Å². The topological polar surface area (TPSA) is 109 Å². The average Bonchev–Trinajstić information content (AvgIpc) is 3.09. The van der Waals surface area contributed by atoms with Gasteiger partial charge in [0, 0.05) is 23.1 Å². The minimum absolute atomic E-state index is 0.0837. The highest BCUT2D eigenvalue weighted by molar-refractivity contribution is 6.35. The first-order chi connectivity index (χ1) is 13.0. The first kappa shape index (κ1) is 15.2. The number of rotatable bonds is 2. The third-order valence-electron chi connectivity index (χ3n) is 4.63. The molecule has 27 heavy (non-hydrogen) atoms. The van der Waals surface area contributed by atoms with Crippen LogP contribution in [0.25, 0.3) is 21.8 Å². The number of imidazole rings is 1. The van der Waals surface area contributed by atoms with Gasteiger partial charge in [-0.3, -0.25) is 19.7 Å². The minimum Gasteiger partial charge on any atom is -0.323 e. The van der Waals surface area contributed by atoms with Crippen molar-refractivity contribution in [2.75, 3.05) is 4.90 Å². The van der Waals surface area contributed by atoms with Crippen LogP contribution in [0.4, 0.5) is 11.6 Å². The number of H-pyrrole nitrogens is 1. The first-order valence-corrected chi connectivity index (χ1v) is 8.09. The number of anilines is 1. The van der Waals surface area contributed by atoms with E-state index < -0.39 is 16.7 Å². The van der Waals surface area contributed by atoms with E-state index in [9.17, 15) is 19.7 Å². The zero-order valence-corrected chi connectivity index (χ0v) is 13.7. The number of aromatic nitrogens is 2. The van der Waals surface area contributed by atoms with Crippen molar-refractivity contribution in [2.24, 2.45) is 0 Å². The maximum absolute atomic E-state index is 13.1. The van der Waals surface area contributed by atoms with Crippen LogP contribution in [0.15, 0.2) is 54.6 Å². The first-order valence-electron chi connectivity index (χ1n) is 8.09. The van der Waals surface area contributed by atoms with Crippen molar-refractivity contribution in [1.29, 1.82) is 0 Å². The average molecular weight is 358 g/mol. The second-order valence-electron chi connectivity index (χ2n) is 6.18. The molecule has 0 atom stereocenters. The van der Waals surface area contributed by atoms with Crippen LogP contribution in [-0.4, -0.2) is 26.7 Å². The number of nitrogens with one attached hydrogen (secondary N) is 1. The molecular formula is C19H10N4O4. The highest BCUT2D eigenvalue weighted by Gasteiger charge is 2.36. The Labute approximate surface area is 151 Å². The summed E-state index contributed by atoms with van der Waals surface area (Å²) in [7, 11) is 0. The van der Waals surface area contributed by atoms with Crippen molar-refractivity contribution in [2.45, 2.75) is 0 Å². The highest BCUT2D eigenvalue weighted by atomic mass is 16.6. The molecule has 0 bridgehead atoms. The van der Waals surface area contributed by atoms with Gasteiger partial charge in [-0.1, -0.05) is 24.3 Å². The molecule has 4 aromatic rings. The molecular weight excluding hydrogens is 348 g/mol. The molecule has 0 saturated heterocycles. The number of benzene rings is 3. The van der Waals surface area contributed by atoms with Crippen LogP contribution < -0.4 is 4.90 Å². The smallest absolute Gasteiger partial charge is 0.270 e. The van der Waals surface area contributed by atoms with E-state index >= 15 is 0 Å². The van der Waals surface area contributed by atoms with Crippen LogP contribution >= 0.6 is 0 Å². The summed E-state index contributed by atoms with van der Waals surface area (Å²) >= 11 is 0. The van der Waals surface area contributed by atoms with E-state index in [2.05, 4.69) is 9.97 Å². The molecule has 2 heterocycles. The molecule has 8 nitrogen and oxygen atoms in total. The number of nitro groups is 1. The number of aromatic amines is 1. The van der Waals surface area contributed by atoms with Crippen molar-refractivity contribution in [3.8, 4) is 0 Å². The lowest BCUT2D eigenvalue weighted by atomic mass is 9.93. The largest absolute Gasteiger partial charge is 0.323 e. The normalized spacial score (nSPS) is 13.6. The Kier molecular flexibility index (Phi) is 2.94. The van der Waals surface area contributed by atoms with Gasteiger partial charge in [0.15, 0.2) is 0 Å². The minimum atomic E-state index is -0.647. The summed E-state index contributed by atoms with van der Waals surface area (Å²) in [5.41, 5.74) is 1.49. The molecule has 2 amide bonds. The zero-order valence-electron chi connectivity index (χ0n) is 13.7. The summed E-state index contributed by atoms with van der Waals surface area (Å²) in [5.74, 6) is -1.09. The molecule has 1 aromatic heterocycles. The number of hydrogen-bond donors (Lipinski definition) is 1. The van der Waals surface area contributed by atoms with Crippen molar-refractivity contribution in [3.63, 3.8) is 0 Å². The molecule has 1 aliphatic rings. The molecule has 5 rings (SSSR count). The standard InChI is InChI=1S/C19H10N4O4/c24-17-12-5-3-4-10-8-11(23(26)27)9-13(16(10)12)18(25)22(17)19-20-14-6-1-2-7-15(14)21-19/h1-9H,(H,20,21). The monoisotopic (exact) mass is 358 g/mol. The lowest BCUT2D eigenvalue weighted by molar-refractivity contribution is -0.384. The van der Waals surface area contributed by atoms with Gasteiger partial charge >= 0.3 is 0 Å². The number of carbonyl (C=O) groups is 2. The van der Waals surface area contributed by atoms with E-state index in [-0.39, 0.29) is 17.2 Å². The molecule has 3 aromatic carbocycles. The summed E-state index contributed by atoms with van der Waals surface area (Å²) in [6, 6.07) is 14.6. The summed E-state index contributed by atoms with van der Waals surface area (Å²) in [6.07, 6.45) is 0. The molecule has 1 aliphatic heterocycles. The SMILES string of the molecule is O=C1c2cccc3cc([N+](=O)[O-])cc(c23)C(=O)N1c1nc2ccccc2[nH]1. The van der Waals surface area contributed by atoms with Crippen molar-refractivity contribution in [1.82, 2.24) is 9.97 Å². The number of nitro benzene ring substituents is 1. The summed E-state index contributed by atoms with van der Waals surface area (Å²) in [5, 5.41) is 12.1. The van der Waals surface area contributed by atoms with Crippen LogP contribution in [-0.2, 0) is 0 Å². The molecule has 0 radical (unpaired) electrons. The third-order valence-corrected chi connectivity index (χ3v) is 4.63. The van der Waals surface area contributed by atoms with E-state index in [1.807, 2.05) is 6.07 Å². The lowest BCUT2D eigenvalue weighted by Gasteiger charge is -2.25. The van der Waals surface area contributed by atoms with Crippen molar-refractivity contribution < 1.29 is 14.5 Å². The number of amides is 2. The van der Waals surface area contributed by atoms with Crippen LogP contribution in [0.3, 0.4) is 0 Å². The van der Waals surface area contributed by atoms with Gasteiger partial charge in [-0.2, -0.15) is 0 Å².